The van der Waals surface area contributed by atoms with Crippen LogP contribution in [0.3, 0.4) is 0 Å². The molecule has 3 heteroatoms. The van der Waals surface area contributed by atoms with E-state index in [9.17, 15) is 4.39 Å². The van der Waals surface area contributed by atoms with Gasteiger partial charge in [-0.05, 0) is 55.8 Å². The molecule has 0 unspecified atom stereocenters. The fraction of sp³-hybridized carbons (Fsp3) is 0.294. The molecule has 1 aliphatic rings. The molecule has 20 heavy (non-hydrogen) atoms. The van der Waals surface area contributed by atoms with E-state index in [0.717, 1.165) is 12.3 Å². The first kappa shape index (κ1) is 13.1. The molecule has 0 N–H and O–H groups in total. The minimum Gasteiger partial charge on any atom is -0.457 e. The van der Waals surface area contributed by atoms with E-state index in [2.05, 4.69) is 11.0 Å². The molecule has 0 spiro atoms. The molecule has 2 aromatic carbocycles. The van der Waals surface area contributed by atoms with Gasteiger partial charge in [-0.3, -0.25) is 4.90 Å². The number of likely N-dealkylation sites (tertiary alicyclic amines) is 1. The maximum Gasteiger partial charge on any atom is 0.130 e. The minimum atomic E-state index is -0.282. The predicted molar refractivity (Wildman–Crippen MR) is 77.4 cm³/mol. The molecule has 2 nitrogen and oxygen atoms in total. The van der Waals surface area contributed by atoms with E-state index in [4.69, 9.17) is 4.74 Å². The lowest BCUT2D eigenvalue weighted by Crippen LogP contribution is -2.18. The van der Waals surface area contributed by atoms with Crippen LogP contribution < -0.4 is 4.74 Å². The topological polar surface area (TPSA) is 12.5 Å². The van der Waals surface area contributed by atoms with Gasteiger partial charge < -0.3 is 4.74 Å². The van der Waals surface area contributed by atoms with Gasteiger partial charge in [0.1, 0.15) is 17.3 Å². The molecule has 3 rings (SSSR count). The van der Waals surface area contributed by atoms with E-state index in [1.165, 1.54) is 43.6 Å². The van der Waals surface area contributed by atoms with Crippen molar-refractivity contribution in [2.45, 2.75) is 19.4 Å². The summed E-state index contributed by atoms with van der Waals surface area (Å²) in [6, 6.07) is 14.2. The lowest BCUT2D eigenvalue weighted by atomic mass is 10.2. The zero-order valence-corrected chi connectivity index (χ0v) is 11.4. The van der Waals surface area contributed by atoms with Crippen molar-refractivity contribution in [1.29, 1.82) is 0 Å². The Bertz CT molecular complexity index is 579. The smallest absolute Gasteiger partial charge is 0.130 e. The number of nitrogens with zero attached hydrogens (tertiary/aromatic N) is 1. The van der Waals surface area contributed by atoms with Crippen LogP contribution in [0.15, 0.2) is 48.5 Å². The lowest BCUT2D eigenvalue weighted by Gasteiger charge is -2.15. The van der Waals surface area contributed by atoms with Crippen molar-refractivity contribution in [3.8, 4) is 11.5 Å². The van der Waals surface area contributed by atoms with Gasteiger partial charge in [0, 0.05) is 12.6 Å². The van der Waals surface area contributed by atoms with Crippen LogP contribution in [-0.2, 0) is 6.54 Å². The van der Waals surface area contributed by atoms with Crippen LogP contribution in [0.4, 0.5) is 4.39 Å². The molecule has 1 heterocycles. The Labute approximate surface area is 118 Å². The fourth-order valence-electron chi connectivity index (χ4n) is 2.57. The van der Waals surface area contributed by atoms with Crippen LogP contribution in [0.1, 0.15) is 18.4 Å². The summed E-state index contributed by atoms with van der Waals surface area (Å²) in [5.74, 6) is 1.01. The number of hydrogen-bond donors (Lipinski definition) is 0. The van der Waals surface area contributed by atoms with E-state index >= 15 is 0 Å². The fourth-order valence-corrected chi connectivity index (χ4v) is 2.57. The summed E-state index contributed by atoms with van der Waals surface area (Å²) in [5.41, 5.74) is 1.24. The second-order valence-electron chi connectivity index (χ2n) is 5.19. The summed E-state index contributed by atoms with van der Waals surface area (Å²) in [5, 5.41) is 0. The highest BCUT2D eigenvalue weighted by atomic mass is 19.1. The number of hydrogen-bond acceptors (Lipinski definition) is 2. The molecule has 1 fully saturated rings. The first-order valence-corrected chi connectivity index (χ1v) is 7.04. The van der Waals surface area contributed by atoms with Crippen molar-refractivity contribution in [3.05, 3.63) is 59.9 Å². The van der Waals surface area contributed by atoms with Gasteiger partial charge >= 0.3 is 0 Å². The van der Waals surface area contributed by atoms with Gasteiger partial charge in [0.15, 0.2) is 0 Å². The third-order valence-corrected chi connectivity index (χ3v) is 3.54. The SMILES string of the molecule is Fc1cccc(Oc2cccc(CN3CCCC3)c2)c1. The zero-order chi connectivity index (χ0) is 13.8. The molecule has 0 atom stereocenters. The van der Waals surface area contributed by atoms with Crippen molar-refractivity contribution in [1.82, 2.24) is 4.90 Å². The number of halogens is 1. The van der Waals surface area contributed by atoms with Crippen LogP contribution in [0.25, 0.3) is 0 Å². The van der Waals surface area contributed by atoms with Crippen molar-refractivity contribution < 1.29 is 9.13 Å². The van der Waals surface area contributed by atoms with Gasteiger partial charge in [0.2, 0.25) is 0 Å². The van der Waals surface area contributed by atoms with Gasteiger partial charge in [-0.15, -0.1) is 0 Å². The normalized spacial score (nSPS) is 15.4. The largest absolute Gasteiger partial charge is 0.457 e. The van der Waals surface area contributed by atoms with Crippen LogP contribution in [0, 0.1) is 5.82 Å². The molecule has 104 valence electrons. The van der Waals surface area contributed by atoms with E-state index in [0.29, 0.717) is 5.75 Å². The monoisotopic (exact) mass is 271 g/mol. The zero-order valence-electron chi connectivity index (χ0n) is 11.4. The van der Waals surface area contributed by atoms with E-state index in [1.54, 1.807) is 12.1 Å². The summed E-state index contributed by atoms with van der Waals surface area (Å²) in [6.45, 7) is 3.31. The minimum absolute atomic E-state index is 0.282. The Morgan fingerprint density at radius 3 is 2.40 bits per heavy atom. The molecule has 0 bridgehead atoms. The van der Waals surface area contributed by atoms with Crippen LogP contribution in [-0.4, -0.2) is 18.0 Å². The van der Waals surface area contributed by atoms with Crippen molar-refractivity contribution >= 4 is 0 Å². The third-order valence-electron chi connectivity index (χ3n) is 3.54. The standard InChI is InChI=1S/C17H18FNO/c18-15-6-4-8-17(12-15)20-16-7-3-5-14(11-16)13-19-9-1-2-10-19/h3-8,11-12H,1-2,9-10,13H2. The molecule has 0 radical (unpaired) electrons. The second-order valence-corrected chi connectivity index (χ2v) is 5.19. The van der Waals surface area contributed by atoms with Crippen LogP contribution >= 0.6 is 0 Å². The molecule has 0 saturated carbocycles. The summed E-state index contributed by atoms with van der Waals surface area (Å²) in [7, 11) is 0. The Morgan fingerprint density at radius 1 is 0.950 bits per heavy atom. The first-order chi connectivity index (χ1) is 9.79. The first-order valence-electron chi connectivity index (χ1n) is 7.04. The molecule has 2 aromatic rings. The van der Waals surface area contributed by atoms with Crippen LogP contribution in [0.5, 0.6) is 11.5 Å². The Balaban J connectivity index is 1.70. The maximum atomic E-state index is 13.1. The highest BCUT2D eigenvalue weighted by Gasteiger charge is 2.11. The highest BCUT2D eigenvalue weighted by molar-refractivity contribution is 5.34. The summed E-state index contributed by atoms with van der Waals surface area (Å²) >= 11 is 0. The molecule has 0 aromatic heterocycles. The average Bonchev–Trinajstić information content (AvgIpc) is 2.92. The Kier molecular flexibility index (Phi) is 3.97. The molecular formula is C17H18FNO. The molecule has 1 aliphatic heterocycles. The lowest BCUT2D eigenvalue weighted by molar-refractivity contribution is 0.331. The molecule has 0 aliphatic carbocycles. The van der Waals surface area contributed by atoms with Gasteiger partial charge in [0.05, 0.1) is 0 Å². The summed E-state index contributed by atoms with van der Waals surface area (Å²) in [6.07, 6.45) is 2.58. The van der Waals surface area contributed by atoms with Crippen LogP contribution in [0.2, 0.25) is 0 Å². The Morgan fingerprint density at radius 2 is 1.65 bits per heavy atom. The molecular weight excluding hydrogens is 253 g/mol. The Hall–Kier alpha value is -1.87. The van der Waals surface area contributed by atoms with Crippen molar-refractivity contribution in [2.24, 2.45) is 0 Å². The third kappa shape index (κ3) is 3.36. The highest BCUT2D eigenvalue weighted by Crippen LogP contribution is 2.23. The van der Waals surface area contributed by atoms with Gasteiger partial charge in [-0.1, -0.05) is 18.2 Å². The number of rotatable bonds is 4. The van der Waals surface area contributed by atoms with E-state index in [1.807, 2.05) is 18.2 Å². The average molecular weight is 271 g/mol. The van der Waals surface area contributed by atoms with Gasteiger partial charge in [0.25, 0.3) is 0 Å². The van der Waals surface area contributed by atoms with Gasteiger partial charge in [-0.2, -0.15) is 0 Å². The summed E-state index contributed by atoms with van der Waals surface area (Å²) < 4.78 is 18.8. The van der Waals surface area contributed by atoms with E-state index < -0.39 is 0 Å². The molecule has 0 amide bonds. The predicted octanol–water partition coefficient (Wildman–Crippen LogP) is 4.21. The summed E-state index contributed by atoms with van der Waals surface area (Å²) in [4.78, 5) is 2.45. The number of benzene rings is 2. The quantitative estimate of drug-likeness (QED) is 0.825. The van der Waals surface area contributed by atoms with Crippen molar-refractivity contribution in [2.75, 3.05) is 13.1 Å². The van der Waals surface area contributed by atoms with Crippen molar-refractivity contribution in [3.63, 3.8) is 0 Å². The number of ether oxygens (including phenoxy) is 1. The maximum absolute atomic E-state index is 13.1. The second kappa shape index (κ2) is 6.06. The van der Waals surface area contributed by atoms with Gasteiger partial charge in [-0.25, -0.2) is 4.39 Å². The van der Waals surface area contributed by atoms with E-state index in [-0.39, 0.29) is 5.82 Å². The molecule has 1 saturated heterocycles.